The van der Waals surface area contributed by atoms with Crippen molar-refractivity contribution in [1.82, 2.24) is 4.90 Å². The maximum absolute atomic E-state index is 12.1. The van der Waals surface area contributed by atoms with E-state index in [4.69, 9.17) is 5.11 Å². The Bertz CT molecular complexity index is 335. The van der Waals surface area contributed by atoms with Crippen LogP contribution in [-0.2, 0) is 9.59 Å². The van der Waals surface area contributed by atoms with Crippen molar-refractivity contribution in [2.75, 3.05) is 13.1 Å². The van der Waals surface area contributed by atoms with Gasteiger partial charge in [0.05, 0.1) is 5.92 Å². The molecule has 1 saturated heterocycles. The van der Waals surface area contributed by atoms with Gasteiger partial charge in [-0.05, 0) is 31.1 Å². The van der Waals surface area contributed by atoms with Gasteiger partial charge in [0, 0.05) is 19.0 Å². The quantitative estimate of drug-likeness (QED) is 0.758. The van der Waals surface area contributed by atoms with Gasteiger partial charge < -0.3 is 10.0 Å². The predicted molar refractivity (Wildman–Crippen MR) is 56.6 cm³/mol. The van der Waals surface area contributed by atoms with E-state index in [9.17, 15) is 9.59 Å². The van der Waals surface area contributed by atoms with Crippen molar-refractivity contribution in [3.8, 4) is 0 Å². The standard InChI is InChI=1S/C12H17NO3/c14-11(13-5-9(6-13)12(15)16)10-4-7-1-2-8(10)3-7/h7-10H,1-6H2,(H,15,16). The highest BCUT2D eigenvalue weighted by Crippen LogP contribution is 2.49. The Kier molecular flexibility index (Phi) is 2.19. The van der Waals surface area contributed by atoms with Crippen molar-refractivity contribution in [1.29, 1.82) is 0 Å². The maximum atomic E-state index is 12.1. The molecule has 0 aromatic rings. The molecule has 3 rings (SSSR count). The van der Waals surface area contributed by atoms with Gasteiger partial charge in [-0.1, -0.05) is 6.42 Å². The van der Waals surface area contributed by atoms with E-state index >= 15 is 0 Å². The smallest absolute Gasteiger partial charge is 0.310 e. The molecule has 16 heavy (non-hydrogen) atoms. The third kappa shape index (κ3) is 1.43. The largest absolute Gasteiger partial charge is 0.481 e. The summed E-state index contributed by atoms with van der Waals surface area (Å²) in [7, 11) is 0. The average molecular weight is 223 g/mol. The number of hydrogen-bond donors (Lipinski definition) is 1. The summed E-state index contributed by atoms with van der Waals surface area (Å²) in [5, 5.41) is 8.77. The van der Waals surface area contributed by atoms with Crippen LogP contribution < -0.4 is 0 Å². The van der Waals surface area contributed by atoms with E-state index in [0.29, 0.717) is 19.0 Å². The molecule has 1 heterocycles. The summed E-state index contributed by atoms with van der Waals surface area (Å²) in [5.41, 5.74) is 0. The molecule has 2 saturated carbocycles. The molecule has 3 aliphatic rings. The summed E-state index contributed by atoms with van der Waals surface area (Å²) >= 11 is 0. The number of fused-ring (bicyclic) bond motifs is 2. The zero-order valence-electron chi connectivity index (χ0n) is 9.26. The number of rotatable bonds is 2. The van der Waals surface area contributed by atoms with Gasteiger partial charge in [0.25, 0.3) is 0 Å². The van der Waals surface area contributed by atoms with Gasteiger partial charge in [-0.3, -0.25) is 9.59 Å². The summed E-state index contributed by atoms with van der Waals surface area (Å²) in [6.45, 7) is 0.865. The van der Waals surface area contributed by atoms with E-state index in [1.165, 1.54) is 19.3 Å². The van der Waals surface area contributed by atoms with Crippen LogP contribution in [0.15, 0.2) is 0 Å². The van der Waals surface area contributed by atoms with Gasteiger partial charge in [0.2, 0.25) is 5.91 Å². The first-order valence-electron chi connectivity index (χ1n) is 6.16. The number of likely N-dealkylation sites (tertiary alicyclic amines) is 1. The number of carbonyl (C=O) groups is 2. The van der Waals surface area contributed by atoms with E-state index in [1.54, 1.807) is 4.90 Å². The second-order valence-corrected chi connectivity index (χ2v) is 5.56. The van der Waals surface area contributed by atoms with Crippen molar-refractivity contribution < 1.29 is 14.7 Å². The number of aliphatic carboxylic acids is 1. The molecule has 1 amide bonds. The van der Waals surface area contributed by atoms with E-state index in [-0.39, 0.29) is 17.7 Å². The van der Waals surface area contributed by atoms with Gasteiger partial charge >= 0.3 is 5.97 Å². The summed E-state index contributed by atoms with van der Waals surface area (Å²) in [6, 6.07) is 0. The highest BCUT2D eigenvalue weighted by atomic mass is 16.4. The fourth-order valence-corrected chi connectivity index (χ4v) is 3.60. The second kappa shape index (κ2) is 3.47. The lowest BCUT2D eigenvalue weighted by Crippen LogP contribution is -2.55. The second-order valence-electron chi connectivity index (χ2n) is 5.56. The first kappa shape index (κ1) is 10.1. The van der Waals surface area contributed by atoms with E-state index in [2.05, 4.69) is 0 Å². The maximum Gasteiger partial charge on any atom is 0.310 e. The van der Waals surface area contributed by atoms with Gasteiger partial charge in [-0.2, -0.15) is 0 Å². The lowest BCUT2D eigenvalue weighted by molar-refractivity contribution is -0.155. The van der Waals surface area contributed by atoms with E-state index in [0.717, 1.165) is 12.3 Å². The molecule has 0 aromatic heterocycles. The normalized spacial score (nSPS) is 37.5. The molecule has 3 fully saturated rings. The molecular formula is C12H17NO3. The Labute approximate surface area is 94.6 Å². The Balaban J connectivity index is 1.57. The summed E-state index contributed by atoms with van der Waals surface area (Å²) in [5.74, 6) is 0.731. The molecule has 2 bridgehead atoms. The minimum atomic E-state index is -0.767. The van der Waals surface area contributed by atoms with Crippen molar-refractivity contribution in [2.24, 2.45) is 23.7 Å². The molecular weight excluding hydrogens is 206 g/mol. The molecule has 2 aliphatic carbocycles. The van der Waals surface area contributed by atoms with Crippen molar-refractivity contribution in [3.63, 3.8) is 0 Å². The van der Waals surface area contributed by atoms with Gasteiger partial charge in [-0.15, -0.1) is 0 Å². The van der Waals surface area contributed by atoms with Crippen molar-refractivity contribution in [3.05, 3.63) is 0 Å². The number of nitrogens with zero attached hydrogens (tertiary/aromatic N) is 1. The molecule has 4 heteroatoms. The number of amides is 1. The van der Waals surface area contributed by atoms with Crippen LogP contribution in [0.25, 0.3) is 0 Å². The van der Waals surface area contributed by atoms with E-state index in [1.807, 2.05) is 0 Å². The summed E-state index contributed by atoms with van der Waals surface area (Å²) in [6.07, 6.45) is 4.79. The lowest BCUT2D eigenvalue weighted by atomic mass is 9.86. The molecule has 3 atom stereocenters. The fraction of sp³-hybridized carbons (Fsp3) is 0.833. The molecule has 4 nitrogen and oxygen atoms in total. The molecule has 0 aromatic carbocycles. The molecule has 3 unspecified atom stereocenters. The van der Waals surface area contributed by atoms with Crippen LogP contribution in [0.4, 0.5) is 0 Å². The molecule has 0 radical (unpaired) electrons. The van der Waals surface area contributed by atoms with Crippen LogP contribution in [0.3, 0.4) is 0 Å². The Morgan fingerprint density at radius 2 is 1.88 bits per heavy atom. The lowest BCUT2D eigenvalue weighted by Gasteiger charge is -2.39. The SMILES string of the molecule is O=C(O)C1CN(C(=O)C2CC3CCC2C3)C1. The molecule has 88 valence electrons. The van der Waals surface area contributed by atoms with Crippen LogP contribution in [0.5, 0.6) is 0 Å². The zero-order valence-corrected chi connectivity index (χ0v) is 9.26. The molecule has 1 aliphatic heterocycles. The highest BCUT2D eigenvalue weighted by Gasteiger charge is 2.47. The van der Waals surface area contributed by atoms with Gasteiger partial charge in [-0.25, -0.2) is 0 Å². The first-order valence-corrected chi connectivity index (χ1v) is 6.16. The Hall–Kier alpha value is -1.06. The average Bonchev–Trinajstić information content (AvgIpc) is 2.74. The van der Waals surface area contributed by atoms with Crippen molar-refractivity contribution >= 4 is 11.9 Å². The molecule has 0 spiro atoms. The topological polar surface area (TPSA) is 57.6 Å². The zero-order chi connectivity index (χ0) is 11.3. The van der Waals surface area contributed by atoms with Crippen LogP contribution in [0, 0.1) is 23.7 Å². The highest BCUT2D eigenvalue weighted by molar-refractivity contribution is 5.83. The van der Waals surface area contributed by atoms with Gasteiger partial charge in [0.15, 0.2) is 0 Å². The number of carboxylic acid groups (broad SMARTS) is 1. The predicted octanol–water partition coefficient (Wildman–Crippen LogP) is 0.966. The van der Waals surface area contributed by atoms with Crippen LogP contribution in [-0.4, -0.2) is 35.0 Å². The van der Waals surface area contributed by atoms with Crippen LogP contribution >= 0.6 is 0 Å². The Morgan fingerprint density at radius 3 is 2.38 bits per heavy atom. The minimum Gasteiger partial charge on any atom is -0.481 e. The number of carbonyl (C=O) groups excluding carboxylic acids is 1. The number of carboxylic acids is 1. The minimum absolute atomic E-state index is 0.216. The monoisotopic (exact) mass is 223 g/mol. The Morgan fingerprint density at radius 1 is 1.12 bits per heavy atom. The summed E-state index contributed by atoms with van der Waals surface area (Å²) in [4.78, 5) is 24.5. The fourth-order valence-electron chi connectivity index (χ4n) is 3.60. The van der Waals surface area contributed by atoms with Crippen LogP contribution in [0.2, 0.25) is 0 Å². The number of hydrogen-bond acceptors (Lipinski definition) is 2. The van der Waals surface area contributed by atoms with Gasteiger partial charge in [0.1, 0.15) is 0 Å². The van der Waals surface area contributed by atoms with Crippen molar-refractivity contribution in [2.45, 2.75) is 25.7 Å². The summed E-state index contributed by atoms with van der Waals surface area (Å²) < 4.78 is 0. The van der Waals surface area contributed by atoms with E-state index < -0.39 is 5.97 Å². The van der Waals surface area contributed by atoms with Crippen LogP contribution in [0.1, 0.15) is 25.7 Å². The first-order chi connectivity index (χ1) is 7.65. The third-order valence-corrected chi connectivity index (χ3v) is 4.60. The molecule has 1 N–H and O–H groups in total. The third-order valence-electron chi connectivity index (χ3n) is 4.60.